The molecule has 1 heteroatoms. The molecule has 1 nitrogen and oxygen atoms in total. The van der Waals surface area contributed by atoms with Crippen molar-refractivity contribution >= 4 is 0 Å². The van der Waals surface area contributed by atoms with Gasteiger partial charge in [-0.1, -0.05) is 5.92 Å². The van der Waals surface area contributed by atoms with Gasteiger partial charge in [-0.15, -0.1) is 6.42 Å². The average Bonchev–Trinajstić information content (AvgIpc) is 2.10. The number of hydrogen-bond acceptors (Lipinski definition) is 1. The first-order valence-corrected chi connectivity index (χ1v) is 3.28. The number of terminal acetylenes is 1. The van der Waals surface area contributed by atoms with Crippen LogP contribution in [-0.4, -0.2) is 11.7 Å². The first-order valence-electron chi connectivity index (χ1n) is 3.28. The van der Waals surface area contributed by atoms with Crippen LogP contribution in [0.4, 0.5) is 0 Å². The van der Waals surface area contributed by atoms with Gasteiger partial charge >= 0.3 is 0 Å². The van der Waals surface area contributed by atoms with E-state index in [-0.39, 0.29) is 11.7 Å². The maximum absolute atomic E-state index is 5.46. The highest BCUT2D eigenvalue weighted by Crippen LogP contribution is 2.28. The first kappa shape index (κ1) is 6.64. The van der Waals surface area contributed by atoms with Gasteiger partial charge in [0.1, 0.15) is 6.10 Å². The predicted molar refractivity (Wildman–Crippen MR) is 37.0 cm³/mol. The van der Waals surface area contributed by atoms with Gasteiger partial charge < -0.3 is 4.74 Å². The topological polar surface area (TPSA) is 9.23 Å². The van der Waals surface area contributed by atoms with E-state index in [9.17, 15) is 0 Å². The van der Waals surface area contributed by atoms with Crippen LogP contribution in [0.15, 0.2) is 0 Å². The summed E-state index contributed by atoms with van der Waals surface area (Å²) >= 11 is 0. The highest BCUT2D eigenvalue weighted by atomic mass is 16.5. The molecule has 1 aliphatic rings. The molecule has 1 heterocycles. The average molecular weight is 124 g/mol. The molecule has 0 aromatic carbocycles. The molecule has 0 N–H and O–H groups in total. The molecule has 0 spiro atoms. The van der Waals surface area contributed by atoms with Gasteiger partial charge in [0.25, 0.3) is 0 Å². The second-order valence-electron chi connectivity index (χ2n) is 3.07. The van der Waals surface area contributed by atoms with E-state index < -0.39 is 0 Å². The summed E-state index contributed by atoms with van der Waals surface area (Å²) in [5.41, 5.74) is 0.0248. The van der Waals surface area contributed by atoms with Crippen molar-refractivity contribution in [2.24, 2.45) is 0 Å². The van der Waals surface area contributed by atoms with Crippen LogP contribution in [-0.2, 0) is 4.74 Å². The Morgan fingerprint density at radius 3 is 2.56 bits per heavy atom. The van der Waals surface area contributed by atoms with Gasteiger partial charge in [0.15, 0.2) is 0 Å². The molecule has 0 aliphatic carbocycles. The molecule has 0 aromatic heterocycles. The molecular formula is C8H12O. The minimum Gasteiger partial charge on any atom is -0.360 e. The second kappa shape index (κ2) is 2.04. The van der Waals surface area contributed by atoms with Crippen molar-refractivity contribution in [2.45, 2.75) is 38.4 Å². The molecule has 1 atom stereocenters. The standard InChI is InChI=1S/C8H12O/c1-4-7-5-6-8(2,3)9-7/h1,7H,5-6H2,2-3H3/t7-/m0/s1. The Hall–Kier alpha value is -0.480. The molecule has 1 aliphatic heterocycles. The summed E-state index contributed by atoms with van der Waals surface area (Å²) in [4.78, 5) is 0. The summed E-state index contributed by atoms with van der Waals surface area (Å²) in [5.74, 6) is 2.60. The van der Waals surface area contributed by atoms with E-state index in [0.717, 1.165) is 12.8 Å². The maximum atomic E-state index is 5.46. The van der Waals surface area contributed by atoms with Crippen LogP contribution in [0.5, 0.6) is 0 Å². The van der Waals surface area contributed by atoms with E-state index in [1.165, 1.54) is 0 Å². The molecule has 0 amide bonds. The molecule has 1 saturated heterocycles. The van der Waals surface area contributed by atoms with Gasteiger partial charge in [0, 0.05) is 0 Å². The molecule has 0 bridgehead atoms. The fourth-order valence-corrected chi connectivity index (χ4v) is 1.10. The molecular weight excluding hydrogens is 112 g/mol. The van der Waals surface area contributed by atoms with Crippen molar-refractivity contribution < 1.29 is 4.74 Å². The lowest BCUT2D eigenvalue weighted by molar-refractivity contribution is 0.00909. The predicted octanol–water partition coefficient (Wildman–Crippen LogP) is 1.58. The van der Waals surface area contributed by atoms with Crippen LogP contribution >= 0.6 is 0 Å². The van der Waals surface area contributed by atoms with Crippen LogP contribution in [0.3, 0.4) is 0 Å². The van der Waals surface area contributed by atoms with Crippen LogP contribution in [0.1, 0.15) is 26.7 Å². The fourth-order valence-electron chi connectivity index (χ4n) is 1.10. The molecule has 50 valence electrons. The molecule has 9 heavy (non-hydrogen) atoms. The molecule has 1 fully saturated rings. The zero-order valence-electron chi connectivity index (χ0n) is 5.98. The van der Waals surface area contributed by atoms with Crippen molar-refractivity contribution in [1.29, 1.82) is 0 Å². The Morgan fingerprint density at radius 2 is 2.33 bits per heavy atom. The van der Waals surface area contributed by atoms with Crippen molar-refractivity contribution in [2.75, 3.05) is 0 Å². The lowest BCUT2D eigenvalue weighted by atomic mass is 10.1. The van der Waals surface area contributed by atoms with Gasteiger partial charge in [0.2, 0.25) is 0 Å². The van der Waals surface area contributed by atoms with E-state index in [0.29, 0.717) is 0 Å². The largest absolute Gasteiger partial charge is 0.360 e. The maximum Gasteiger partial charge on any atom is 0.118 e. The zero-order chi connectivity index (χ0) is 6.91. The zero-order valence-corrected chi connectivity index (χ0v) is 5.98. The lowest BCUT2D eigenvalue weighted by Crippen LogP contribution is -2.18. The minimum atomic E-state index is 0.0248. The normalized spacial score (nSPS) is 31.9. The van der Waals surface area contributed by atoms with E-state index in [1.807, 2.05) is 0 Å². The van der Waals surface area contributed by atoms with Gasteiger partial charge in [-0.25, -0.2) is 0 Å². The van der Waals surface area contributed by atoms with Crippen LogP contribution in [0.2, 0.25) is 0 Å². The Labute approximate surface area is 56.4 Å². The first-order chi connectivity index (χ1) is 4.14. The number of hydrogen-bond donors (Lipinski definition) is 0. The summed E-state index contributed by atoms with van der Waals surface area (Å²) < 4.78 is 5.46. The van der Waals surface area contributed by atoms with Crippen LogP contribution in [0, 0.1) is 12.3 Å². The van der Waals surface area contributed by atoms with E-state index in [1.54, 1.807) is 0 Å². The molecule has 0 saturated carbocycles. The van der Waals surface area contributed by atoms with Crippen molar-refractivity contribution in [3.8, 4) is 12.3 Å². The highest BCUT2D eigenvalue weighted by Gasteiger charge is 2.29. The molecule has 0 unspecified atom stereocenters. The number of ether oxygens (including phenoxy) is 1. The summed E-state index contributed by atoms with van der Waals surface area (Å²) in [6, 6.07) is 0. The van der Waals surface area contributed by atoms with E-state index in [2.05, 4.69) is 19.8 Å². The Morgan fingerprint density at radius 1 is 1.67 bits per heavy atom. The van der Waals surface area contributed by atoms with Crippen molar-refractivity contribution in [3.63, 3.8) is 0 Å². The summed E-state index contributed by atoms with van der Waals surface area (Å²) in [6.45, 7) is 4.15. The third kappa shape index (κ3) is 1.46. The van der Waals surface area contributed by atoms with Gasteiger partial charge in [0.05, 0.1) is 5.60 Å². The highest BCUT2D eigenvalue weighted by molar-refractivity contribution is 5.00. The lowest BCUT2D eigenvalue weighted by Gasteiger charge is -2.16. The number of rotatable bonds is 0. The van der Waals surface area contributed by atoms with Crippen molar-refractivity contribution in [3.05, 3.63) is 0 Å². The fraction of sp³-hybridized carbons (Fsp3) is 0.750. The Kier molecular flexibility index (Phi) is 1.50. The van der Waals surface area contributed by atoms with E-state index in [4.69, 9.17) is 11.2 Å². The Bertz CT molecular complexity index is 141. The molecule has 0 aromatic rings. The second-order valence-corrected chi connectivity index (χ2v) is 3.07. The van der Waals surface area contributed by atoms with E-state index >= 15 is 0 Å². The molecule has 0 radical (unpaired) electrons. The van der Waals surface area contributed by atoms with Gasteiger partial charge in [-0.05, 0) is 26.7 Å². The summed E-state index contributed by atoms with van der Waals surface area (Å²) in [6.07, 6.45) is 7.35. The third-order valence-electron chi connectivity index (χ3n) is 1.66. The summed E-state index contributed by atoms with van der Waals surface area (Å²) in [5, 5.41) is 0. The quantitative estimate of drug-likeness (QED) is 0.445. The minimum absolute atomic E-state index is 0.0248. The smallest absolute Gasteiger partial charge is 0.118 e. The van der Waals surface area contributed by atoms with Gasteiger partial charge in [-0.2, -0.15) is 0 Å². The SMILES string of the molecule is C#C[C@H]1CCC(C)(C)O1. The van der Waals surface area contributed by atoms with Gasteiger partial charge in [-0.3, -0.25) is 0 Å². The molecule has 1 rings (SSSR count). The monoisotopic (exact) mass is 124 g/mol. The summed E-state index contributed by atoms with van der Waals surface area (Å²) in [7, 11) is 0. The van der Waals surface area contributed by atoms with Crippen LogP contribution < -0.4 is 0 Å². The third-order valence-corrected chi connectivity index (χ3v) is 1.66. The van der Waals surface area contributed by atoms with Crippen molar-refractivity contribution in [1.82, 2.24) is 0 Å². The Balaban J connectivity index is 2.50. The van der Waals surface area contributed by atoms with Crippen LogP contribution in [0.25, 0.3) is 0 Å².